The topological polar surface area (TPSA) is 123 Å². The third kappa shape index (κ3) is 3.26. The summed E-state index contributed by atoms with van der Waals surface area (Å²) in [6.45, 7) is -0.302. The Bertz CT molecular complexity index is 489. The van der Waals surface area contributed by atoms with Gasteiger partial charge in [-0.1, -0.05) is 0 Å². The Kier molecular flexibility index (Phi) is 4.95. The maximum atomic E-state index is 11.8. The zero-order valence-electron chi connectivity index (χ0n) is 10.5. The average molecular weight is 269 g/mol. The number of hydrogen-bond acceptors (Lipinski definition) is 6. The van der Waals surface area contributed by atoms with Crippen LogP contribution in [0.15, 0.2) is 12.1 Å². The van der Waals surface area contributed by atoms with Crippen molar-refractivity contribution in [2.45, 2.75) is 0 Å². The summed E-state index contributed by atoms with van der Waals surface area (Å²) >= 11 is 0. The lowest BCUT2D eigenvalue weighted by atomic mass is 10.1. The largest absolute Gasteiger partial charge is 0.504 e. The van der Waals surface area contributed by atoms with Gasteiger partial charge in [0.15, 0.2) is 11.5 Å². The van der Waals surface area contributed by atoms with E-state index in [-0.39, 0.29) is 29.4 Å². The van der Waals surface area contributed by atoms with Crippen LogP contribution in [-0.2, 0) is 4.79 Å². The number of amides is 2. The first-order valence-corrected chi connectivity index (χ1v) is 5.26. The molecule has 8 nitrogen and oxygen atoms in total. The molecule has 0 saturated heterocycles. The van der Waals surface area contributed by atoms with Gasteiger partial charge in [0, 0.05) is 0 Å². The number of ether oxygens (including phenoxy) is 2. The molecule has 8 heteroatoms. The number of aromatic hydroxyl groups is 1. The van der Waals surface area contributed by atoms with Crippen molar-refractivity contribution in [2.75, 3.05) is 20.8 Å². The van der Waals surface area contributed by atoms with Crippen molar-refractivity contribution in [2.24, 2.45) is 5.84 Å². The van der Waals surface area contributed by atoms with E-state index < -0.39 is 11.8 Å². The number of hydrazine groups is 1. The predicted octanol–water partition coefficient (Wildman–Crippen LogP) is -0.871. The molecule has 0 radical (unpaired) electrons. The molecule has 0 aliphatic carbocycles. The number of nitrogens with one attached hydrogen (secondary N) is 2. The van der Waals surface area contributed by atoms with E-state index in [0.29, 0.717) is 0 Å². The number of hydrogen-bond donors (Lipinski definition) is 4. The van der Waals surface area contributed by atoms with Gasteiger partial charge in [0.2, 0.25) is 5.75 Å². The SMILES string of the molecule is COc1ccc(C(=O)NCC(=O)NN)c(O)c1OC. The van der Waals surface area contributed by atoms with Crippen molar-refractivity contribution in [3.8, 4) is 17.2 Å². The number of carbonyl (C=O) groups is 2. The van der Waals surface area contributed by atoms with Crippen LogP contribution < -0.4 is 26.1 Å². The highest BCUT2D eigenvalue weighted by atomic mass is 16.5. The van der Waals surface area contributed by atoms with Crippen molar-refractivity contribution in [3.63, 3.8) is 0 Å². The third-order valence-corrected chi connectivity index (χ3v) is 2.33. The summed E-state index contributed by atoms with van der Waals surface area (Å²) in [6.07, 6.45) is 0. The lowest BCUT2D eigenvalue weighted by Gasteiger charge is -2.12. The minimum atomic E-state index is -0.637. The smallest absolute Gasteiger partial charge is 0.255 e. The van der Waals surface area contributed by atoms with Gasteiger partial charge in [0.25, 0.3) is 11.8 Å². The molecule has 0 saturated carbocycles. The van der Waals surface area contributed by atoms with E-state index in [4.69, 9.17) is 15.3 Å². The van der Waals surface area contributed by atoms with Crippen LogP contribution in [0.5, 0.6) is 17.2 Å². The van der Waals surface area contributed by atoms with Gasteiger partial charge in [-0.2, -0.15) is 0 Å². The van der Waals surface area contributed by atoms with Crippen LogP contribution in [0.2, 0.25) is 0 Å². The molecule has 0 fully saturated rings. The van der Waals surface area contributed by atoms with Gasteiger partial charge in [-0.3, -0.25) is 15.0 Å². The minimum Gasteiger partial charge on any atom is -0.504 e. The molecular weight excluding hydrogens is 254 g/mol. The quantitative estimate of drug-likeness (QED) is 0.313. The number of phenols is 1. The second kappa shape index (κ2) is 6.45. The van der Waals surface area contributed by atoms with Crippen molar-refractivity contribution in [3.05, 3.63) is 17.7 Å². The molecule has 0 atom stereocenters. The molecule has 5 N–H and O–H groups in total. The molecule has 0 aromatic heterocycles. The van der Waals surface area contributed by atoms with Gasteiger partial charge in [-0.15, -0.1) is 0 Å². The lowest BCUT2D eigenvalue weighted by Crippen LogP contribution is -2.40. The fraction of sp³-hybridized carbons (Fsp3) is 0.273. The first-order valence-electron chi connectivity index (χ1n) is 5.26. The Morgan fingerprint density at radius 3 is 2.53 bits per heavy atom. The summed E-state index contributed by atoms with van der Waals surface area (Å²) in [5, 5.41) is 12.2. The Morgan fingerprint density at radius 1 is 1.32 bits per heavy atom. The first kappa shape index (κ1) is 14.6. The van der Waals surface area contributed by atoms with E-state index in [9.17, 15) is 14.7 Å². The molecule has 0 spiro atoms. The number of methoxy groups -OCH3 is 2. The summed E-state index contributed by atoms with van der Waals surface area (Å²) < 4.78 is 9.92. The summed E-state index contributed by atoms with van der Waals surface area (Å²) in [7, 11) is 2.74. The van der Waals surface area contributed by atoms with Crippen LogP contribution >= 0.6 is 0 Å². The number of phenolic OH excluding ortho intramolecular Hbond substituents is 1. The van der Waals surface area contributed by atoms with Crippen molar-refractivity contribution < 1.29 is 24.2 Å². The monoisotopic (exact) mass is 269 g/mol. The van der Waals surface area contributed by atoms with Crippen LogP contribution in [0.25, 0.3) is 0 Å². The maximum Gasteiger partial charge on any atom is 0.255 e. The van der Waals surface area contributed by atoms with Gasteiger partial charge in [-0.25, -0.2) is 5.84 Å². The van der Waals surface area contributed by atoms with Crippen LogP contribution in [0.1, 0.15) is 10.4 Å². The van der Waals surface area contributed by atoms with E-state index in [1.54, 1.807) is 0 Å². The lowest BCUT2D eigenvalue weighted by molar-refractivity contribution is -0.120. The van der Waals surface area contributed by atoms with E-state index in [1.807, 2.05) is 5.43 Å². The number of nitrogens with two attached hydrogens (primary N) is 1. The molecular formula is C11H15N3O5. The molecule has 0 unspecified atom stereocenters. The molecule has 1 rings (SSSR count). The molecule has 2 amide bonds. The molecule has 0 heterocycles. The molecule has 1 aromatic rings. The minimum absolute atomic E-state index is 0.0394. The molecule has 0 aliphatic heterocycles. The Balaban J connectivity index is 2.95. The number of carbonyl (C=O) groups excluding carboxylic acids is 2. The molecule has 0 bridgehead atoms. The highest BCUT2D eigenvalue weighted by Gasteiger charge is 2.19. The summed E-state index contributed by atoms with van der Waals surface area (Å²) in [4.78, 5) is 22.7. The maximum absolute atomic E-state index is 11.8. The number of rotatable bonds is 5. The van der Waals surface area contributed by atoms with Gasteiger partial charge in [0.1, 0.15) is 0 Å². The Morgan fingerprint density at radius 2 is 2.00 bits per heavy atom. The predicted molar refractivity (Wildman–Crippen MR) is 65.9 cm³/mol. The molecule has 104 valence electrons. The summed E-state index contributed by atoms with van der Waals surface area (Å²) in [5.41, 5.74) is 1.83. The number of benzene rings is 1. The third-order valence-electron chi connectivity index (χ3n) is 2.33. The molecule has 1 aromatic carbocycles. The Hall–Kier alpha value is -2.48. The van der Waals surface area contributed by atoms with Gasteiger partial charge >= 0.3 is 0 Å². The Labute approximate surface area is 109 Å². The van der Waals surface area contributed by atoms with Crippen LogP contribution in [0.4, 0.5) is 0 Å². The zero-order chi connectivity index (χ0) is 14.4. The van der Waals surface area contributed by atoms with Crippen LogP contribution in [0, 0.1) is 0 Å². The second-order valence-corrected chi connectivity index (χ2v) is 3.45. The molecule has 0 aliphatic rings. The fourth-order valence-electron chi connectivity index (χ4n) is 1.40. The normalized spacial score (nSPS) is 9.63. The van der Waals surface area contributed by atoms with Crippen molar-refractivity contribution >= 4 is 11.8 Å². The fourth-order valence-corrected chi connectivity index (χ4v) is 1.40. The highest BCUT2D eigenvalue weighted by Crippen LogP contribution is 2.38. The summed E-state index contributed by atoms with van der Waals surface area (Å²) in [5.74, 6) is 3.64. The second-order valence-electron chi connectivity index (χ2n) is 3.45. The zero-order valence-corrected chi connectivity index (χ0v) is 10.5. The van der Waals surface area contributed by atoms with Gasteiger partial charge < -0.3 is 19.9 Å². The highest BCUT2D eigenvalue weighted by molar-refractivity contribution is 5.99. The van der Waals surface area contributed by atoms with E-state index >= 15 is 0 Å². The first-order chi connectivity index (χ1) is 9.04. The van der Waals surface area contributed by atoms with E-state index in [0.717, 1.165) is 0 Å². The van der Waals surface area contributed by atoms with Crippen molar-refractivity contribution in [1.29, 1.82) is 0 Å². The van der Waals surface area contributed by atoms with Gasteiger partial charge in [-0.05, 0) is 12.1 Å². The van der Waals surface area contributed by atoms with E-state index in [1.165, 1.54) is 26.4 Å². The van der Waals surface area contributed by atoms with Gasteiger partial charge in [0.05, 0.1) is 26.3 Å². The standard InChI is InChI=1S/C11H15N3O5/c1-18-7-4-3-6(9(16)10(7)19-2)11(17)13-5-8(15)14-12/h3-4,16H,5,12H2,1-2H3,(H,13,17)(H,14,15). The van der Waals surface area contributed by atoms with Crippen molar-refractivity contribution in [1.82, 2.24) is 10.7 Å². The average Bonchev–Trinajstić information content (AvgIpc) is 2.43. The summed E-state index contributed by atoms with van der Waals surface area (Å²) in [6, 6.07) is 2.82. The van der Waals surface area contributed by atoms with Crippen LogP contribution in [0.3, 0.4) is 0 Å². The van der Waals surface area contributed by atoms with E-state index in [2.05, 4.69) is 5.32 Å². The molecule has 19 heavy (non-hydrogen) atoms. The van der Waals surface area contributed by atoms with Crippen LogP contribution in [-0.4, -0.2) is 37.7 Å².